The van der Waals surface area contributed by atoms with Crippen molar-refractivity contribution in [1.82, 2.24) is 15.5 Å². The van der Waals surface area contributed by atoms with E-state index in [1.807, 2.05) is 13.8 Å². The fraction of sp³-hybridized carbons (Fsp3) is 0.593. The fourth-order valence-electron chi connectivity index (χ4n) is 3.63. The van der Waals surface area contributed by atoms with E-state index in [1.165, 1.54) is 4.90 Å². The zero-order valence-electron chi connectivity index (χ0n) is 21.7. The molecule has 2 N–H and O–H groups in total. The van der Waals surface area contributed by atoms with Crippen molar-refractivity contribution >= 4 is 17.9 Å². The van der Waals surface area contributed by atoms with Crippen molar-refractivity contribution in [3.63, 3.8) is 0 Å². The Bertz CT molecular complexity index is 869. The Balaban J connectivity index is 3.38. The van der Waals surface area contributed by atoms with E-state index in [9.17, 15) is 14.4 Å². The summed E-state index contributed by atoms with van der Waals surface area (Å²) in [6.45, 7) is 13.2. The quantitative estimate of drug-likeness (QED) is 0.463. The summed E-state index contributed by atoms with van der Waals surface area (Å²) in [5, 5.41) is 5.64. The van der Waals surface area contributed by atoms with Crippen LogP contribution in [0.25, 0.3) is 0 Å². The minimum Gasteiger partial charge on any atom is -0.444 e. The van der Waals surface area contributed by atoms with Crippen molar-refractivity contribution in [2.75, 3.05) is 6.54 Å². The van der Waals surface area contributed by atoms with Crippen LogP contribution >= 0.6 is 0 Å². The van der Waals surface area contributed by atoms with Crippen LogP contribution in [0.4, 0.5) is 4.79 Å². The van der Waals surface area contributed by atoms with Gasteiger partial charge in [-0.15, -0.1) is 6.42 Å². The maximum atomic E-state index is 13.6. The molecule has 0 bridgehead atoms. The van der Waals surface area contributed by atoms with E-state index in [0.717, 1.165) is 19.3 Å². The van der Waals surface area contributed by atoms with Crippen LogP contribution in [-0.4, -0.2) is 47.0 Å². The van der Waals surface area contributed by atoms with E-state index < -0.39 is 23.8 Å². The third-order valence-electron chi connectivity index (χ3n) is 5.22. The lowest BCUT2D eigenvalue weighted by atomic mass is 9.97. The van der Waals surface area contributed by atoms with Crippen LogP contribution in [0.2, 0.25) is 0 Å². The van der Waals surface area contributed by atoms with Gasteiger partial charge < -0.3 is 20.3 Å². The van der Waals surface area contributed by atoms with Crippen LogP contribution in [0.5, 0.6) is 0 Å². The van der Waals surface area contributed by atoms with E-state index in [0.29, 0.717) is 24.1 Å². The summed E-state index contributed by atoms with van der Waals surface area (Å²) in [7, 11) is 0. The number of carbonyl (C=O) groups excluding carboxylic acids is 3. The molecule has 34 heavy (non-hydrogen) atoms. The molecule has 1 aromatic carbocycles. The fourth-order valence-corrected chi connectivity index (χ4v) is 3.63. The molecule has 3 amide bonds. The standard InChI is InChI=1S/C27H41N3O4/c1-9-12-18-30(25(32)20(5)29-26(33)34-27(6,7)8)23(24(31)28-19(4)15-10-2)22-17-14-13-16-21(22)11-3/h3,13-14,16-17,19-20,23H,9-10,12,15,18H2,1-2,4-8H3,(H,28,31)(H,29,33). The summed E-state index contributed by atoms with van der Waals surface area (Å²) < 4.78 is 5.30. The van der Waals surface area contributed by atoms with Gasteiger partial charge in [0.2, 0.25) is 11.8 Å². The van der Waals surface area contributed by atoms with E-state index in [-0.39, 0.29) is 17.9 Å². The lowest BCUT2D eigenvalue weighted by Gasteiger charge is -2.34. The summed E-state index contributed by atoms with van der Waals surface area (Å²) in [6.07, 6.45) is 8.30. The predicted molar refractivity (Wildman–Crippen MR) is 135 cm³/mol. The molecule has 0 spiro atoms. The number of rotatable bonds is 11. The minimum absolute atomic E-state index is 0.0570. The van der Waals surface area contributed by atoms with Gasteiger partial charge in [0.1, 0.15) is 17.7 Å². The SMILES string of the molecule is C#Cc1ccccc1C(C(=O)NC(C)CCC)N(CCCC)C(=O)C(C)NC(=O)OC(C)(C)C. The summed E-state index contributed by atoms with van der Waals surface area (Å²) in [4.78, 5) is 41.0. The second-order valence-corrected chi connectivity index (χ2v) is 9.59. The molecule has 0 aliphatic heterocycles. The maximum absolute atomic E-state index is 13.6. The lowest BCUT2D eigenvalue weighted by molar-refractivity contribution is -0.142. The summed E-state index contributed by atoms with van der Waals surface area (Å²) >= 11 is 0. The molecule has 0 radical (unpaired) electrons. The Hall–Kier alpha value is -3.01. The molecule has 0 aromatic heterocycles. The first-order chi connectivity index (χ1) is 15.9. The number of nitrogens with zero attached hydrogens (tertiary/aromatic N) is 1. The van der Waals surface area contributed by atoms with Crippen molar-refractivity contribution in [3.8, 4) is 12.3 Å². The molecule has 0 saturated heterocycles. The van der Waals surface area contributed by atoms with Crippen LogP contribution in [0, 0.1) is 12.3 Å². The van der Waals surface area contributed by atoms with Crippen molar-refractivity contribution in [2.24, 2.45) is 0 Å². The smallest absolute Gasteiger partial charge is 0.408 e. The zero-order chi connectivity index (χ0) is 25.9. The Morgan fingerprint density at radius 2 is 1.74 bits per heavy atom. The van der Waals surface area contributed by atoms with E-state index in [2.05, 4.69) is 23.5 Å². The van der Waals surface area contributed by atoms with Crippen LogP contribution in [0.15, 0.2) is 24.3 Å². The number of benzene rings is 1. The molecule has 1 aromatic rings. The Labute approximate surface area is 205 Å². The van der Waals surface area contributed by atoms with E-state index in [4.69, 9.17) is 11.2 Å². The molecule has 1 rings (SSSR count). The molecule has 0 aliphatic carbocycles. The summed E-state index contributed by atoms with van der Waals surface area (Å²) in [6, 6.07) is 5.27. The number of amides is 3. The molecule has 188 valence electrons. The van der Waals surface area contributed by atoms with Crippen LogP contribution in [0.1, 0.15) is 91.3 Å². The van der Waals surface area contributed by atoms with Gasteiger partial charge in [-0.3, -0.25) is 9.59 Å². The van der Waals surface area contributed by atoms with Crippen molar-refractivity contribution in [2.45, 2.75) is 97.9 Å². The highest BCUT2D eigenvalue weighted by molar-refractivity contribution is 5.92. The van der Waals surface area contributed by atoms with E-state index in [1.54, 1.807) is 52.0 Å². The van der Waals surface area contributed by atoms with Gasteiger partial charge in [-0.2, -0.15) is 0 Å². The molecule has 7 heteroatoms. The monoisotopic (exact) mass is 471 g/mol. The average Bonchev–Trinajstić information content (AvgIpc) is 2.74. The topological polar surface area (TPSA) is 87.7 Å². The third kappa shape index (κ3) is 9.09. The first kappa shape index (κ1) is 29.0. The number of unbranched alkanes of at least 4 members (excludes halogenated alkanes) is 1. The second-order valence-electron chi connectivity index (χ2n) is 9.59. The van der Waals surface area contributed by atoms with Crippen molar-refractivity contribution < 1.29 is 19.1 Å². The normalized spacial score (nSPS) is 13.7. The lowest BCUT2D eigenvalue weighted by Crippen LogP contribution is -2.53. The Morgan fingerprint density at radius 3 is 2.29 bits per heavy atom. The molecule has 0 aliphatic rings. The Morgan fingerprint density at radius 1 is 1.09 bits per heavy atom. The highest BCUT2D eigenvalue weighted by Crippen LogP contribution is 2.26. The molecule has 3 unspecified atom stereocenters. The van der Waals surface area contributed by atoms with Gasteiger partial charge in [0, 0.05) is 18.2 Å². The maximum Gasteiger partial charge on any atom is 0.408 e. The largest absolute Gasteiger partial charge is 0.444 e. The van der Waals surface area contributed by atoms with Gasteiger partial charge in [0.25, 0.3) is 0 Å². The molecule has 0 heterocycles. The third-order valence-corrected chi connectivity index (χ3v) is 5.22. The molecule has 3 atom stereocenters. The van der Waals surface area contributed by atoms with Crippen molar-refractivity contribution in [1.29, 1.82) is 0 Å². The van der Waals surface area contributed by atoms with Gasteiger partial charge >= 0.3 is 6.09 Å². The van der Waals surface area contributed by atoms with Crippen LogP contribution < -0.4 is 10.6 Å². The second kappa shape index (κ2) is 13.6. The zero-order valence-corrected chi connectivity index (χ0v) is 21.7. The van der Waals surface area contributed by atoms with Gasteiger partial charge in [-0.05, 0) is 59.1 Å². The number of alkyl carbamates (subject to hydrolysis) is 1. The number of nitrogens with one attached hydrogen (secondary N) is 2. The molecule has 7 nitrogen and oxygen atoms in total. The number of hydrogen-bond acceptors (Lipinski definition) is 4. The molecule has 0 saturated carbocycles. The van der Waals surface area contributed by atoms with Crippen LogP contribution in [-0.2, 0) is 14.3 Å². The number of carbonyl (C=O) groups is 3. The highest BCUT2D eigenvalue weighted by atomic mass is 16.6. The summed E-state index contributed by atoms with van der Waals surface area (Å²) in [5.41, 5.74) is 0.436. The minimum atomic E-state index is -0.923. The van der Waals surface area contributed by atoms with Gasteiger partial charge in [-0.1, -0.05) is 50.8 Å². The van der Waals surface area contributed by atoms with Gasteiger partial charge in [0.05, 0.1) is 0 Å². The van der Waals surface area contributed by atoms with Crippen molar-refractivity contribution in [3.05, 3.63) is 35.4 Å². The van der Waals surface area contributed by atoms with E-state index >= 15 is 0 Å². The number of hydrogen-bond donors (Lipinski definition) is 2. The average molecular weight is 472 g/mol. The molecular formula is C27H41N3O4. The molecular weight excluding hydrogens is 430 g/mol. The molecule has 0 fully saturated rings. The predicted octanol–water partition coefficient (Wildman–Crippen LogP) is 4.56. The Kier molecular flexibility index (Phi) is 11.6. The van der Waals surface area contributed by atoms with Crippen LogP contribution in [0.3, 0.4) is 0 Å². The first-order valence-electron chi connectivity index (χ1n) is 12.1. The summed E-state index contributed by atoms with van der Waals surface area (Å²) in [5.74, 6) is 1.96. The number of ether oxygens (including phenoxy) is 1. The highest BCUT2D eigenvalue weighted by Gasteiger charge is 2.35. The van der Waals surface area contributed by atoms with Gasteiger partial charge in [-0.25, -0.2) is 4.79 Å². The number of terminal acetylenes is 1. The first-order valence-corrected chi connectivity index (χ1v) is 12.1. The van der Waals surface area contributed by atoms with Gasteiger partial charge in [0.15, 0.2) is 0 Å².